The molecule has 0 atom stereocenters. The maximum Gasteiger partial charge on any atom is 0.416 e. The average Bonchev–Trinajstić information content (AvgIpc) is 2.07. The summed E-state index contributed by atoms with van der Waals surface area (Å²) in [6.07, 6.45) is -4.41. The van der Waals surface area contributed by atoms with Crippen molar-refractivity contribution in [1.82, 2.24) is 0 Å². The minimum absolute atomic E-state index is 0.00998. The summed E-state index contributed by atoms with van der Waals surface area (Å²) in [5.74, 6) is 0. The van der Waals surface area contributed by atoms with E-state index in [0.29, 0.717) is 8.04 Å². The molecule has 0 radical (unpaired) electrons. The molecular weight excluding hydrogens is 374 g/mol. The zero-order valence-corrected chi connectivity index (χ0v) is 10.2. The Morgan fingerprint density at radius 2 is 1.93 bits per heavy atom. The monoisotopic (exact) mass is 375 g/mol. The normalized spacial score (nSPS) is 11.1. The lowest BCUT2D eigenvalue weighted by molar-refractivity contribution is -0.137. The number of benzene rings is 1. The van der Waals surface area contributed by atoms with Crippen LogP contribution in [0.2, 0.25) is 0 Å². The molecule has 0 aromatic heterocycles. The van der Waals surface area contributed by atoms with Gasteiger partial charge in [0.1, 0.15) is 6.07 Å². The Morgan fingerprint density at radius 3 is 2.36 bits per heavy atom. The first-order valence-corrected chi connectivity index (χ1v) is 5.19. The van der Waals surface area contributed by atoms with Crippen molar-refractivity contribution in [3.05, 3.63) is 31.3 Å². The molecule has 14 heavy (non-hydrogen) atoms. The van der Waals surface area contributed by atoms with Gasteiger partial charge in [-0.05, 0) is 50.7 Å². The SMILES string of the molecule is N#Cc1cc(C(F)(F)F)cc(I)c1Br. The van der Waals surface area contributed by atoms with Crippen molar-refractivity contribution in [3.8, 4) is 6.07 Å². The van der Waals surface area contributed by atoms with Crippen LogP contribution in [0.25, 0.3) is 0 Å². The number of rotatable bonds is 0. The van der Waals surface area contributed by atoms with Crippen LogP contribution in [-0.2, 0) is 6.18 Å². The van der Waals surface area contributed by atoms with Crippen molar-refractivity contribution < 1.29 is 13.2 Å². The maximum atomic E-state index is 12.3. The number of alkyl halides is 3. The van der Waals surface area contributed by atoms with Crippen LogP contribution < -0.4 is 0 Å². The van der Waals surface area contributed by atoms with Crippen molar-refractivity contribution in [3.63, 3.8) is 0 Å². The third kappa shape index (κ3) is 2.39. The highest BCUT2D eigenvalue weighted by Gasteiger charge is 2.31. The molecule has 0 fully saturated rings. The second kappa shape index (κ2) is 4.06. The molecule has 74 valence electrons. The van der Waals surface area contributed by atoms with E-state index in [2.05, 4.69) is 15.9 Å². The molecule has 1 aromatic carbocycles. The van der Waals surface area contributed by atoms with Crippen molar-refractivity contribution in [2.24, 2.45) is 0 Å². The van der Waals surface area contributed by atoms with E-state index in [4.69, 9.17) is 5.26 Å². The van der Waals surface area contributed by atoms with Crippen molar-refractivity contribution in [1.29, 1.82) is 5.26 Å². The molecular formula is C8H2BrF3IN. The highest BCUT2D eigenvalue weighted by atomic mass is 127. The topological polar surface area (TPSA) is 23.8 Å². The molecule has 0 saturated carbocycles. The lowest BCUT2D eigenvalue weighted by Gasteiger charge is -2.08. The smallest absolute Gasteiger partial charge is 0.192 e. The largest absolute Gasteiger partial charge is 0.416 e. The van der Waals surface area contributed by atoms with E-state index in [1.807, 2.05) is 0 Å². The fourth-order valence-corrected chi connectivity index (χ4v) is 1.78. The summed E-state index contributed by atoms with van der Waals surface area (Å²) in [7, 11) is 0. The number of hydrogen-bond donors (Lipinski definition) is 0. The fourth-order valence-electron chi connectivity index (χ4n) is 0.834. The van der Waals surface area contributed by atoms with E-state index in [9.17, 15) is 13.2 Å². The van der Waals surface area contributed by atoms with Gasteiger partial charge < -0.3 is 0 Å². The molecule has 0 bridgehead atoms. The van der Waals surface area contributed by atoms with Gasteiger partial charge in [0, 0.05) is 8.04 Å². The summed E-state index contributed by atoms with van der Waals surface area (Å²) in [4.78, 5) is 0. The first-order valence-electron chi connectivity index (χ1n) is 3.32. The highest BCUT2D eigenvalue weighted by molar-refractivity contribution is 14.1. The highest BCUT2D eigenvalue weighted by Crippen LogP contribution is 2.34. The number of nitrogens with zero attached hydrogens (tertiary/aromatic N) is 1. The van der Waals surface area contributed by atoms with Gasteiger partial charge in [0.2, 0.25) is 0 Å². The van der Waals surface area contributed by atoms with Gasteiger partial charge in [-0.15, -0.1) is 0 Å². The van der Waals surface area contributed by atoms with E-state index < -0.39 is 11.7 Å². The number of hydrogen-bond acceptors (Lipinski definition) is 1. The molecule has 0 aliphatic rings. The standard InChI is InChI=1S/C8H2BrF3IN/c9-7-4(3-14)1-5(2-6(7)13)8(10,11)12/h1-2H. The van der Waals surface area contributed by atoms with Crippen molar-refractivity contribution >= 4 is 38.5 Å². The van der Waals surface area contributed by atoms with E-state index in [0.717, 1.165) is 12.1 Å². The summed E-state index contributed by atoms with van der Waals surface area (Å²) < 4.78 is 37.6. The maximum absolute atomic E-state index is 12.3. The molecule has 0 N–H and O–H groups in total. The zero-order valence-electron chi connectivity index (χ0n) is 6.49. The summed E-state index contributed by atoms with van der Waals surface area (Å²) in [6.45, 7) is 0. The van der Waals surface area contributed by atoms with Crippen LogP contribution in [0.4, 0.5) is 13.2 Å². The number of nitriles is 1. The van der Waals surface area contributed by atoms with Gasteiger partial charge in [-0.25, -0.2) is 0 Å². The van der Waals surface area contributed by atoms with Gasteiger partial charge in [-0.2, -0.15) is 18.4 Å². The fraction of sp³-hybridized carbons (Fsp3) is 0.125. The zero-order chi connectivity index (χ0) is 10.9. The summed E-state index contributed by atoms with van der Waals surface area (Å²) in [5, 5.41) is 8.58. The second-order valence-corrected chi connectivity index (χ2v) is 4.38. The van der Waals surface area contributed by atoms with E-state index >= 15 is 0 Å². The molecule has 0 saturated heterocycles. The van der Waals surface area contributed by atoms with Gasteiger partial charge in [-0.1, -0.05) is 0 Å². The van der Waals surface area contributed by atoms with Crippen LogP contribution in [0.5, 0.6) is 0 Å². The second-order valence-electron chi connectivity index (χ2n) is 2.43. The molecule has 1 rings (SSSR count). The molecule has 0 unspecified atom stereocenters. The summed E-state index contributed by atoms with van der Waals surface area (Å²) in [5.41, 5.74) is -0.814. The Bertz CT molecular complexity index is 408. The van der Waals surface area contributed by atoms with E-state index in [1.54, 1.807) is 28.7 Å². The summed E-state index contributed by atoms with van der Waals surface area (Å²) >= 11 is 4.78. The molecule has 1 aromatic rings. The molecule has 0 aliphatic heterocycles. The molecule has 0 amide bonds. The summed E-state index contributed by atoms with van der Waals surface area (Å²) in [6, 6.07) is 3.51. The Balaban J connectivity index is 3.40. The van der Waals surface area contributed by atoms with Crippen molar-refractivity contribution in [2.75, 3.05) is 0 Å². The van der Waals surface area contributed by atoms with Gasteiger partial charge in [0.05, 0.1) is 11.1 Å². The van der Waals surface area contributed by atoms with Crippen LogP contribution in [0, 0.1) is 14.9 Å². The third-order valence-electron chi connectivity index (χ3n) is 1.48. The average molecular weight is 376 g/mol. The predicted octanol–water partition coefficient (Wildman–Crippen LogP) is 3.94. The number of halogens is 5. The Morgan fingerprint density at radius 1 is 1.36 bits per heavy atom. The van der Waals surface area contributed by atoms with Crippen LogP contribution in [0.3, 0.4) is 0 Å². The molecule has 6 heteroatoms. The Hall–Kier alpha value is -0.290. The van der Waals surface area contributed by atoms with Crippen molar-refractivity contribution in [2.45, 2.75) is 6.18 Å². The van der Waals surface area contributed by atoms with Gasteiger partial charge in [0.25, 0.3) is 0 Å². The Kier molecular flexibility index (Phi) is 3.42. The molecule has 1 nitrogen and oxygen atoms in total. The van der Waals surface area contributed by atoms with Crippen LogP contribution in [0.15, 0.2) is 16.6 Å². The van der Waals surface area contributed by atoms with Gasteiger partial charge in [-0.3, -0.25) is 0 Å². The van der Waals surface area contributed by atoms with Gasteiger partial charge >= 0.3 is 6.18 Å². The lowest BCUT2D eigenvalue weighted by Crippen LogP contribution is -2.06. The molecule has 0 heterocycles. The third-order valence-corrected chi connectivity index (χ3v) is 3.92. The quantitative estimate of drug-likeness (QED) is 0.630. The first kappa shape index (κ1) is 11.8. The lowest BCUT2D eigenvalue weighted by atomic mass is 10.1. The van der Waals surface area contributed by atoms with Gasteiger partial charge in [0.15, 0.2) is 0 Å². The Labute approximate surface area is 100 Å². The first-order chi connectivity index (χ1) is 6.36. The predicted molar refractivity (Wildman–Crippen MR) is 56.6 cm³/mol. The minimum Gasteiger partial charge on any atom is -0.192 e. The molecule has 0 aliphatic carbocycles. The van der Waals surface area contributed by atoms with E-state index in [1.165, 1.54) is 0 Å². The molecule has 0 spiro atoms. The van der Waals surface area contributed by atoms with Crippen LogP contribution in [0.1, 0.15) is 11.1 Å². The van der Waals surface area contributed by atoms with Crippen LogP contribution >= 0.6 is 38.5 Å². The van der Waals surface area contributed by atoms with Crippen LogP contribution in [-0.4, -0.2) is 0 Å². The van der Waals surface area contributed by atoms with E-state index in [-0.39, 0.29) is 5.56 Å². The minimum atomic E-state index is -4.41.